The first-order valence-electron chi connectivity index (χ1n) is 8.20. The lowest BCUT2D eigenvalue weighted by atomic mass is 10.1. The normalized spacial score (nSPS) is 11.5. The molecule has 26 heavy (non-hydrogen) atoms. The second-order valence-electron chi connectivity index (χ2n) is 5.98. The average molecular weight is 369 g/mol. The molecular formula is C20H19NO4S. The highest BCUT2D eigenvalue weighted by molar-refractivity contribution is 7.92. The molecule has 0 aromatic heterocycles. The molecule has 0 heterocycles. The van der Waals surface area contributed by atoms with E-state index in [9.17, 15) is 18.3 Å². The third kappa shape index (κ3) is 3.15. The maximum atomic E-state index is 13.1. The van der Waals surface area contributed by atoms with Crippen molar-refractivity contribution in [1.29, 1.82) is 0 Å². The Kier molecular flexibility index (Phi) is 4.70. The minimum atomic E-state index is -3.88. The first kappa shape index (κ1) is 17.9. The molecule has 6 heteroatoms. The molecule has 0 aliphatic heterocycles. The van der Waals surface area contributed by atoms with Crippen molar-refractivity contribution in [1.82, 2.24) is 0 Å². The van der Waals surface area contributed by atoms with E-state index in [2.05, 4.69) is 0 Å². The number of fused-ring (bicyclic) bond motifs is 1. The van der Waals surface area contributed by atoms with Crippen LogP contribution in [0.3, 0.4) is 0 Å². The van der Waals surface area contributed by atoms with Gasteiger partial charge < -0.3 is 5.11 Å². The number of carboxylic acid groups (broad SMARTS) is 1. The molecule has 0 spiro atoms. The van der Waals surface area contributed by atoms with Crippen LogP contribution in [-0.2, 0) is 10.0 Å². The van der Waals surface area contributed by atoms with Gasteiger partial charge in [-0.2, -0.15) is 0 Å². The first-order chi connectivity index (χ1) is 12.3. The van der Waals surface area contributed by atoms with E-state index in [1.807, 2.05) is 36.4 Å². The maximum Gasteiger partial charge on any atom is 0.335 e. The number of aromatic carboxylic acids is 1. The van der Waals surface area contributed by atoms with Crippen molar-refractivity contribution in [3.63, 3.8) is 0 Å². The second kappa shape index (κ2) is 6.80. The van der Waals surface area contributed by atoms with E-state index in [4.69, 9.17) is 0 Å². The van der Waals surface area contributed by atoms with Gasteiger partial charge in [0.2, 0.25) is 0 Å². The van der Waals surface area contributed by atoms with Gasteiger partial charge in [-0.1, -0.05) is 36.4 Å². The van der Waals surface area contributed by atoms with Gasteiger partial charge in [0.25, 0.3) is 10.0 Å². The Bertz CT molecular complexity index is 1090. The molecule has 0 saturated carbocycles. The largest absolute Gasteiger partial charge is 0.478 e. The lowest BCUT2D eigenvalue weighted by Gasteiger charge is -2.23. The number of carbonyl (C=O) groups is 1. The van der Waals surface area contributed by atoms with Crippen molar-refractivity contribution in [3.8, 4) is 0 Å². The summed E-state index contributed by atoms with van der Waals surface area (Å²) in [6.07, 6.45) is 0. The van der Waals surface area contributed by atoms with Gasteiger partial charge in [0.05, 0.1) is 16.1 Å². The van der Waals surface area contributed by atoms with Crippen molar-refractivity contribution in [3.05, 3.63) is 71.8 Å². The third-order valence-electron chi connectivity index (χ3n) is 4.34. The summed E-state index contributed by atoms with van der Waals surface area (Å²) in [6.45, 7) is 3.62. The Hall–Kier alpha value is -2.86. The van der Waals surface area contributed by atoms with Crippen LogP contribution in [0.4, 0.5) is 5.69 Å². The molecule has 134 valence electrons. The first-order valence-corrected chi connectivity index (χ1v) is 9.64. The number of anilines is 1. The number of aryl methyl sites for hydroxylation is 1. The van der Waals surface area contributed by atoms with Crippen molar-refractivity contribution >= 4 is 32.5 Å². The van der Waals surface area contributed by atoms with E-state index in [1.54, 1.807) is 19.9 Å². The summed E-state index contributed by atoms with van der Waals surface area (Å²) in [5.41, 5.74) is 1.05. The minimum Gasteiger partial charge on any atom is -0.478 e. The predicted molar refractivity (Wildman–Crippen MR) is 102 cm³/mol. The standard InChI is InChI=1S/C20H19NO4S/c1-3-21(17-10-9-15-6-4-5-7-16(15)12-17)26(24,25)18-11-8-14(2)19(13-18)20(22)23/h4-13H,3H2,1-2H3,(H,22,23). The Morgan fingerprint density at radius 3 is 2.35 bits per heavy atom. The molecule has 0 aliphatic carbocycles. The number of sulfonamides is 1. The quantitative estimate of drug-likeness (QED) is 0.736. The summed E-state index contributed by atoms with van der Waals surface area (Å²) in [5, 5.41) is 11.2. The zero-order valence-corrected chi connectivity index (χ0v) is 15.3. The number of hydrogen-bond acceptors (Lipinski definition) is 3. The molecular weight excluding hydrogens is 350 g/mol. The highest BCUT2D eigenvalue weighted by Crippen LogP contribution is 2.28. The van der Waals surface area contributed by atoms with Crippen LogP contribution in [0.15, 0.2) is 65.6 Å². The van der Waals surface area contributed by atoms with Crippen molar-refractivity contribution in [2.24, 2.45) is 0 Å². The molecule has 1 N–H and O–H groups in total. The lowest BCUT2D eigenvalue weighted by Crippen LogP contribution is -2.31. The molecule has 3 aromatic carbocycles. The molecule has 5 nitrogen and oxygen atoms in total. The number of rotatable bonds is 5. The van der Waals surface area contributed by atoms with E-state index in [0.29, 0.717) is 11.3 Å². The van der Waals surface area contributed by atoms with E-state index < -0.39 is 16.0 Å². The molecule has 0 fully saturated rings. The van der Waals surface area contributed by atoms with Crippen molar-refractivity contribution in [2.45, 2.75) is 18.7 Å². The summed E-state index contributed by atoms with van der Waals surface area (Å²) in [6, 6.07) is 17.4. The third-order valence-corrected chi connectivity index (χ3v) is 6.23. The smallest absolute Gasteiger partial charge is 0.335 e. The maximum absolute atomic E-state index is 13.1. The van der Waals surface area contributed by atoms with Gasteiger partial charge in [-0.25, -0.2) is 13.2 Å². The fourth-order valence-corrected chi connectivity index (χ4v) is 4.43. The van der Waals surface area contributed by atoms with Gasteiger partial charge in [0, 0.05) is 6.54 Å². The molecule has 0 aliphatic rings. The molecule has 0 radical (unpaired) electrons. The number of hydrogen-bond donors (Lipinski definition) is 1. The molecule has 0 atom stereocenters. The van der Waals surface area contributed by atoms with Crippen LogP contribution < -0.4 is 4.31 Å². The second-order valence-corrected chi connectivity index (χ2v) is 7.85. The number of carboxylic acids is 1. The highest BCUT2D eigenvalue weighted by atomic mass is 32.2. The zero-order chi connectivity index (χ0) is 18.9. The summed E-state index contributed by atoms with van der Waals surface area (Å²) >= 11 is 0. The predicted octanol–water partition coefficient (Wildman–Crippen LogP) is 4.06. The van der Waals surface area contributed by atoms with Crippen LogP contribution in [0.2, 0.25) is 0 Å². The van der Waals surface area contributed by atoms with Gasteiger partial charge in [-0.15, -0.1) is 0 Å². The average Bonchev–Trinajstić information content (AvgIpc) is 2.62. The van der Waals surface area contributed by atoms with Gasteiger partial charge in [0.1, 0.15) is 0 Å². The Labute approximate surface area is 152 Å². The monoisotopic (exact) mass is 369 g/mol. The van der Waals surface area contributed by atoms with Crippen LogP contribution in [-0.4, -0.2) is 26.0 Å². The molecule has 0 unspecified atom stereocenters. The van der Waals surface area contributed by atoms with Crippen LogP contribution in [0.25, 0.3) is 10.8 Å². The van der Waals surface area contributed by atoms with Crippen LogP contribution in [0, 0.1) is 6.92 Å². The molecule has 3 rings (SSSR count). The summed E-state index contributed by atoms with van der Waals surface area (Å²) in [7, 11) is -3.88. The molecule has 0 bridgehead atoms. The van der Waals surface area contributed by atoms with Crippen LogP contribution in [0.5, 0.6) is 0 Å². The summed E-state index contributed by atoms with van der Waals surface area (Å²) in [4.78, 5) is 11.3. The van der Waals surface area contributed by atoms with Crippen LogP contribution in [0.1, 0.15) is 22.8 Å². The van der Waals surface area contributed by atoms with E-state index in [1.165, 1.54) is 22.5 Å². The summed E-state index contributed by atoms with van der Waals surface area (Å²) in [5.74, 6) is -1.15. The van der Waals surface area contributed by atoms with E-state index in [0.717, 1.165) is 10.8 Å². The van der Waals surface area contributed by atoms with Crippen molar-refractivity contribution < 1.29 is 18.3 Å². The highest BCUT2D eigenvalue weighted by Gasteiger charge is 2.25. The zero-order valence-electron chi connectivity index (χ0n) is 14.5. The number of benzene rings is 3. The van der Waals surface area contributed by atoms with Crippen molar-refractivity contribution in [2.75, 3.05) is 10.8 Å². The fraction of sp³-hybridized carbons (Fsp3) is 0.150. The summed E-state index contributed by atoms with van der Waals surface area (Å²) < 4.78 is 27.5. The van der Waals surface area contributed by atoms with Gasteiger partial charge in [-0.05, 0) is 54.4 Å². The van der Waals surface area contributed by atoms with Crippen LogP contribution >= 0.6 is 0 Å². The minimum absolute atomic E-state index is 0.0133. The van der Waals surface area contributed by atoms with E-state index >= 15 is 0 Å². The Morgan fingerprint density at radius 1 is 1.00 bits per heavy atom. The van der Waals surface area contributed by atoms with E-state index in [-0.39, 0.29) is 17.0 Å². The topological polar surface area (TPSA) is 74.7 Å². The molecule has 0 saturated heterocycles. The van der Waals surface area contributed by atoms with Gasteiger partial charge in [-0.3, -0.25) is 4.31 Å². The Balaban J connectivity index is 2.11. The number of nitrogens with zero attached hydrogens (tertiary/aromatic N) is 1. The van der Waals surface area contributed by atoms with Gasteiger partial charge in [0.15, 0.2) is 0 Å². The Morgan fingerprint density at radius 2 is 1.69 bits per heavy atom. The molecule has 0 amide bonds. The lowest BCUT2D eigenvalue weighted by molar-refractivity contribution is 0.0696. The SMILES string of the molecule is CCN(c1ccc2ccccc2c1)S(=O)(=O)c1ccc(C)c(C(=O)O)c1. The van der Waals surface area contributed by atoms with Gasteiger partial charge >= 0.3 is 5.97 Å². The molecule has 3 aromatic rings. The fourth-order valence-electron chi connectivity index (χ4n) is 2.94.